The molecule has 1 aliphatic carbocycles. The Hall–Kier alpha value is -2.48. The van der Waals surface area contributed by atoms with Gasteiger partial charge in [0.25, 0.3) is 11.5 Å². The number of carbonyl (C=O) groups excluding carboxylic acids is 2. The highest BCUT2D eigenvalue weighted by molar-refractivity contribution is 7.18. The molecule has 1 aliphatic rings. The van der Waals surface area contributed by atoms with E-state index in [0.717, 1.165) is 29.7 Å². The number of fused-ring (bicyclic) bond motifs is 3. The van der Waals surface area contributed by atoms with Gasteiger partial charge in [-0.3, -0.25) is 14.4 Å². The second kappa shape index (κ2) is 8.68. The van der Waals surface area contributed by atoms with Crippen molar-refractivity contribution in [1.82, 2.24) is 15.3 Å². The predicted molar refractivity (Wildman–Crippen MR) is 109 cm³/mol. The Morgan fingerprint density at radius 2 is 2.29 bits per heavy atom. The summed E-state index contributed by atoms with van der Waals surface area (Å²) in [7, 11) is 0. The molecule has 0 aliphatic heterocycles. The van der Waals surface area contributed by atoms with E-state index in [4.69, 9.17) is 4.74 Å². The molecular weight excluding hydrogens is 378 g/mol. The maximum absolute atomic E-state index is 12.6. The summed E-state index contributed by atoms with van der Waals surface area (Å²) in [4.78, 5) is 45.6. The standard InChI is InChI=1S/C20H25N3O4S/c1-4-9-21-18(25)12(3)27-16(24)8-7-15-22-19(26)17-13-6-5-11(2)10-14(13)28-20(17)23-15/h4,11-12H,1,5-10H2,2-3H3,(H,21,25)(H,22,23,26)/t11-,12-/m1/s1. The number of nitrogens with one attached hydrogen (secondary N) is 2. The van der Waals surface area contributed by atoms with Gasteiger partial charge in [0.1, 0.15) is 10.7 Å². The van der Waals surface area contributed by atoms with Gasteiger partial charge in [-0.1, -0.05) is 13.0 Å². The first-order valence-electron chi connectivity index (χ1n) is 9.50. The van der Waals surface area contributed by atoms with Crippen LogP contribution in [0.2, 0.25) is 0 Å². The normalized spacial score (nSPS) is 17.0. The van der Waals surface area contributed by atoms with Gasteiger partial charge >= 0.3 is 5.97 Å². The van der Waals surface area contributed by atoms with Crippen molar-refractivity contribution in [3.63, 3.8) is 0 Å². The summed E-state index contributed by atoms with van der Waals surface area (Å²) < 4.78 is 5.12. The summed E-state index contributed by atoms with van der Waals surface area (Å²) in [6.07, 6.45) is 3.95. The lowest BCUT2D eigenvalue weighted by atomic mass is 9.89. The summed E-state index contributed by atoms with van der Waals surface area (Å²) in [5, 5.41) is 3.27. The average molecular weight is 404 g/mol. The number of hydrogen-bond acceptors (Lipinski definition) is 6. The van der Waals surface area contributed by atoms with Crippen LogP contribution in [0, 0.1) is 5.92 Å². The summed E-state index contributed by atoms with van der Waals surface area (Å²) >= 11 is 1.58. The van der Waals surface area contributed by atoms with E-state index in [1.807, 2.05) is 0 Å². The molecule has 0 aromatic carbocycles. The van der Waals surface area contributed by atoms with E-state index < -0.39 is 12.1 Å². The molecular formula is C20H25N3O4S. The molecule has 3 rings (SSSR count). The molecule has 0 saturated carbocycles. The third-order valence-corrected chi connectivity index (χ3v) is 6.03. The van der Waals surface area contributed by atoms with Gasteiger partial charge < -0.3 is 15.0 Å². The van der Waals surface area contributed by atoms with Gasteiger partial charge in [0.2, 0.25) is 0 Å². The van der Waals surface area contributed by atoms with Crippen LogP contribution in [0.15, 0.2) is 17.4 Å². The first-order valence-corrected chi connectivity index (χ1v) is 10.3. The molecule has 150 valence electrons. The zero-order chi connectivity index (χ0) is 20.3. The topological polar surface area (TPSA) is 101 Å². The molecule has 0 unspecified atom stereocenters. The van der Waals surface area contributed by atoms with E-state index in [2.05, 4.69) is 28.8 Å². The highest BCUT2D eigenvalue weighted by Crippen LogP contribution is 2.35. The SMILES string of the molecule is C=CCNC(=O)[C@@H](C)OC(=O)CCc1nc2sc3c(c2c(=O)[nH]1)CC[C@@H](C)C3. The molecule has 8 heteroatoms. The van der Waals surface area contributed by atoms with Gasteiger partial charge in [0.15, 0.2) is 6.10 Å². The summed E-state index contributed by atoms with van der Waals surface area (Å²) in [6.45, 7) is 7.56. The third kappa shape index (κ3) is 4.49. The fourth-order valence-corrected chi connectivity index (χ4v) is 4.76. The molecule has 0 saturated heterocycles. The van der Waals surface area contributed by atoms with Gasteiger partial charge in [0.05, 0.1) is 11.8 Å². The van der Waals surface area contributed by atoms with Crippen LogP contribution in [-0.2, 0) is 33.6 Å². The smallest absolute Gasteiger partial charge is 0.307 e. The van der Waals surface area contributed by atoms with Crippen molar-refractivity contribution in [2.45, 2.75) is 52.1 Å². The van der Waals surface area contributed by atoms with Crippen LogP contribution in [-0.4, -0.2) is 34.5 Å². The molecule has 0 bridgehead atoms. The molecule has 7 nitrogen and oxygen atoms in total. The first kappa shape index (κ1) is 20.3. The van der Waals surface area contributed by atoms with Crippen LogP contribution in [0.1, 0.15) is 43.0 Å². The lowest BCUT2D eigenvalue weighted by molar-refractivity contribution is -0.154. The van der Waals surface area contributed by atoms with Crippen molar-refractivity contribution in [1.29, 1.82) is 0 Å². The minimum absolute atomic E-state index is 0.0373. The molecule has 0 radical (unpaired) electrons. The van der Waals surface area contributed by atoms with Crippen molar-refractivity contribution in [2.75, 3.05) is 6.54 Å². The minimum Gasteiger partial charge on any atom is -0.453 e. The summed E-state index contributed by atoms with van der Waals surface area (Å²) in [5.74, 6) is 0.201. The quantitative estimate of drug-likeness (QED) is 0.546. The number of aromatic nitrogens is 2. The zero-order valence-electron chi connectivity index (χ0n) is 16.2. The van der Waals surface area contributed by atoms with Crippen LogP contribution >= 0.6 is 11.3 Å². The maximum Gasteiger partial charge on any atom is 0.307 e. The maximum atomic E-state index is 12.6. The zero-order valence-corrected chi connectivity index (χ0v) is 17.0. The fraction of sp³-hybridized carbons (Fsp3) is 0.500. The highest BCUT2D eigenvalue weighted by atomic mass is 32.1. The van der Waals surface area contributed by atoms with E-state index >= 15 is 0 Å². The largest absolute Gasteiger partial charge is 0.453 e. The monoisotopic (exact) mass is 403 g/mol. The number of nitrogens with zero attached hydrogens (tertiary/aromatic N) is 1. The number of aryl methyl sites for hydroxylation is 2. The van der Waals surface area contributed by atoms with E-state index in [1.54, 1.807) is 17.4 Å². The molecule has 1 amide bonds. The summed E-state index contributed by atoms with van der Waals surface area (Å²) in [5.41, 5.74) is 0.995. The number of thiophene rings is 1. The molecule has 2 heterocycles. The predicted octanol–water partition coefficient (Wildman–Crippen LogP) is 2.28. The Labute approximate surface area is 167 Å². The Bertz CT molecular complexity index is 962. The second-order valence-electron chi connectivity index (χ2n) is 7.21. The van der Waals surface area contributed by atoms with Crippen LogP contribution < -0.4 is 10.9 Å². The fourth-order valence-electron chi connectivity index (χ4n) is 3.36. The van der Waals surface area contributed by atoms with Gasteiger partial charge in [-0.25, -0.2) is 4.98 Å². The van der Waals surface area contributed by atoms with Crippen LogP contribution in [0.25, 0.3) is 10.2 Å². The molecule has 2 aromatic heterocycles. The number of esters is 1. The number of amides is 1. The van der Waals surface area contributed by atoms with Crippen molar-refractivity contribution >= 4 is 33.4 Å². The Balaban J connectivity index is 1.65. The van der Waals surface area contributed by atoms with Crippen LogP contribution in [0.3, 0.4) is 0 Å². The number of carbonyl (C=O) groups is 2. The van der Waals surface area contributed by atoms with Crippen molar-refractivity contribution in [3.05, 3.63) is 39.3 Å². The lowest BCUT2D eigenvalue weighted by Crippen LogP contribution is -2.35. The Kier molecular flexibility index (Phi) is 6.28. The second-order valence-corrected chi connectivity index (χ2v) is 8.29. The van der Waals surface area contributed by atoms with E-state index in [0.29, 0.717) is 23.7 Å². The average Bonchev–Trinajstić information content (AvgIpc) is 3.01. The Morgan fingerprint density at radius 1 is 1.50 bits per heavy atom. The van der Waals surface area contributed by atoms with Crippen LogP contribution in [0.5, 0.6) is 0 Å². The third-order valence-electron chi connectivity index (χ3n) is 4.88. The van der Waals surface area contributed by atoms with Crippen molar-refractivity contribution in [3.8, 4) is 0 Å². The van der Waals surface area contributed by atoms with Crippen molar-refractivity contribution < 1.29 is 14.3 Å². The minimum atomic E-state index is -0.882. The molecule has 2 aromatic rings. The number of rotatable bonds is 7. The number of ether oxygens (including phenoxy) is 1. The molecule has 2 atom stereocenters. The molecule has 28 heavy (non-hydrogen) atoms. The van der Waals surface area contributed by atoms with Crippen LogP contribution in [0.4, 0.5) is 0 Å². The number of hydrogen-bond donors (Lipinski definition) is 2. The van der Waals surface area contributed by atoms with Gasteiger partial charge in [-0.2, -0.15) is 0 Å². The highest BCUT2D eigenvalue weighted by Gasteiger charge is 2.23. The molecule has 2 N–H and O–H groups in total. The van der Waals surface area contributed by atoms with E-state index in [-0.39, 0.29) is 24.3 Å². The summed E-state index contributed by atoms with van der Waals surface area (Å²) in [6, 6.07) is 0. The van der Waals surface area contributed by atoms with E-state index in [9.17, 15) is 14.4 Å². The van der Waals surface area contributed by atoms with E-state index in [1.165, 1.54) is 11.8 Å². The first-order chi connectivity index (χ1) is 13.4. The molecule has 0 fully saturated rings. The molecule has 0 spiro atoms. The lowest BCUT2D eigenvalue weighted by Gasteiger charge is -2.17. The number of aromatic amines is 1. The van der Waals surface area contributed by atoms with Gasteiger partial charge in [0, 0.05) is 17.8 Å². The Morgan fingerprint density at radius 3 is 3.04 bits per heavy atom. The number of H-pyrrole nitrogens is 1. The van der Waals surface area contributed by atoms with Gasteiger partial charge in [-0.15, -0.1) is 17.9 Å². The van der Waals surface area contributed by atoms with Gasteiger partial charge in [-0.05, 0) is 37.7 Å². The van der Waals surface area contributed by atoms with Crippen molar-refractivity contribution in [2.24, 2.45) is 5.92 Å².